The molecule has 0 radical (unpaired) electrons. The molecule has 0 aliphatic rings. The Bertz CT molecular complexity index is 1400. The summed E-state index contributed by atoms with van der Waals surface area (Å²) in [6.45, 7) is 12.2. The summed E-state index contributed by atoms with van der Waals surface area (Å²) in [5.41, 5.74) is 3.83. The summed E-state index contributed by atoms with van der Waals surface area (Å²) in [4.78, 5) is 25.3. The summed E-state index contributed by atoms with van der Waals surface area (Å²) >= 11 is 0. The van der Waals surface area contributed by atoms with E-state index >= 15 is 0 Å². The van der Waals surface area contributed by atoms with E-state index in [1.165, 1.54) is 12.4 Å². The largest absolute Gasteiger partial charge is 0.496 e. The van der Waals surface area contributed by atoms with Crippen molar-refractivity contribution >= 4 is 40.3 Å². The van der Waals surface area contributed by atoms with Gasteiger partial charge in [0.25, 0.3) is 0 Å². The fraction of sp³-hybridized carbons (Fsp3) is 0.424. The number of likely N-dealkylation sites (N-methyl/N-ethyl adjacent to an activating group) is 2. The van der Waals surface area contributed by atoms with Crippen molar-refractivity contribution in [3.63, 3.8) is 0 Å². The van der Waals surface area contributed by atoms with Crippen LogP contribution in [0.25, 0.3) is 0 Å². The number of methoxy groups -OCH3 is 2. The molecule has 1 aromatic heterocycles. The first-order valence-corrected chi connectivity index (χ1v) is 14.7. The summed E-state index contributed by atoms with van der Waals surface area (Å²) in [5, 5.41) is 9.60. The van der Waals surface area contributed by atoms with Gasteiger partial charge in [0.1, 0.15) is 29.5 Å². The number of amides is 1. The van der Waals surface area contributed by atoms with Crippen molar-refractivity contribution < 1.29 is 19.0 Å². The predicted molar refractivity (Wildman–Crippen MR) is 179 cm³/mol. The number of hydrogen-bond acceptors (Lipinski definition) is 10. The molecule has 238 valence electrons. The molecule has 1 amide bonds. The Kier molecular flexibility index (Phi) is 12.8. The van der Waals surface area contributed by atoms with E-state index in [1.807, 2.05) is 58.4 Å². The molecule has 2 aromatic carbocycles. The highest BCUT2D eigenvalue weighted by molar-refractivity contribution is 6.02. The molecule has 0 bridgehead atoms. The van der Waals surface area contributed by atoms with E-state index in [-0.39, 0.29) is 12.0 Å². The fourth-order valence-electron chi connectivity index (χ4n) is 4.39. The Morgan fingerprint density at radius 2 is 1.64 bits per heavy atom. The molecule has 1 unspecified atom stereocenters. The van der Waals surface area contributed by atoms with E-state index in [1.54, 1.807) is 20.3 Å². The van der Waals surface area contributed by atoms with Gasteiger partial charge in [-0.1, -0.05) is 20.4 Å². The monoisotopic (exact) mass is 605 g/mol. The molecule has 11 heteroatoms. The zero-order chi connectivity index (χ0) is 32.2. The van der Waals surface area contributed by atoms with E-state index in [9.17, 15) is 4.79 Å². The van der Waals surface area contributed by atoms with E-state index in [4.69, 9.17) is 14.2 Å². The van der Waals surface area contributed by atoms with Gasteiger partial charge in [-0.3, -0.25) is 4.79 Å². The van der Waals surface area contributed by atoms with Gasteiger partial charge >= 0.3 is 0 Å². The van der Waals surface area contributed by atoms with Gasteiger partial charge in [-0.2, -0.15) is 0 Å². The third-order valence-corrected chi connectivity index (χ3v) is 6.99. The molecule has 0 aliphatic heterocycles. The molecule has 0 aliphatic carbocycles. The number of nitrogens with one attached hydrogen (secondary N) is 3. The topological polar surface area (TPSA) is 113 Å². The number of nitrogens with zero attached hydrogens (tertiary/aromatic N) is 4. The smallest absolute Gasteiger partial charge is 0.247 e. The van der Waals surface area contributed by atoms with Crippen LogP contribution in [0.3, 0.4) is 0 Å². The van der Waals surface area contributed by atoms with Crippen molar-refractivity contribution in [1.82, 2.24) is 14.9 Å². The van der Waals surface area contributed by atoms with Gasteiger partial charge in [0.15, 0.2) is 0 Å². The van der Waals surface area contributed by atoms with Gasteiger partial charge in [0.05, 0.1) is 37.4 Å². The predicted octanol–water partition coefficient (Wildman–Crippen LogP) is 6.23. The van der Waals surface area contributed by atoms with Crippen LogP contribution >= 0.6 is 0 Å². The van der Waals surface area contributed by atoms with Crippen molar-refractivity contribution in [3.8, 4) is 11.5 Å². The summed E-state index contributed by atoms with van der Waals surface area (Å²) in [6.07, 6.45) is 3.57. The molecular weight excluding hydrogens is 558 g/mol. The molecule has 0 saturated heterocycles. The first-order valence-electron chi connectivity index (χ1n) is 14.7. The van der Waals surface area contributed by atoms with Crippen LogP contribution < -0.4 is 30.3 Å². The van der Waals surface area contributed by atoms with Crippen LogP contribution in [-0.2, 0) is 9.53 Å². The van der Waals surface area contributed by atoms with Gasteiger partial charge in [-0.05, 0) is 63.7 Å². The number of anilines is 6. The van der Waals surface area contributed by atoms with Gasteiger partial charge in [-0.15, -0.1) is 0 Å². The third-order valence-electron chi connectivity index (χ3n) is 6.99. The summed E-state index contributed by atoms with van der Waals surface area (Å²) < 4.78 is 17.4. The van der Waals surface area contributed by atoms with Crippen LogP contribution in [0.4, 0.5) is 34.4 Å². The zero-order valence-electron chi connectivity index (χ0n) is 27.2. The maximum absolute atomic E-state index is 12.3. The average molecular weight is 606 g/mol. The van der Waals surface area contributed by atoms with Crippen molar-refractivity contribution in [2.24, 2.45) is 5.92 Å². The normalized spacial score (nSPS) is 11.7. The van der Waals surface area contributed by atoms with Crippen LogP contribution in [0, 0.1) is 5.92 Å². The van der Waals surface area contributed by atoms with Gasteiger partial charge < -0.3 is 40.0 Å². The molecule has 3 N–H and O–H groups in total. The molecule has 1 atom stereocenters. The first-order chi connectivity index (χ1) is 21.0. The Hall–Kier alpha value is -4.35. The van der Waals surface area contributed by atoms with Crippen LogP contribution in [0.15, 0.2) is 55.4 Å². The Morgan fingerprint density at radius 3 is 2.27 bits per heavy atom. The van der Waals surface area contributed by atoms with Crippen molar-refractivity contribution in [2.75, 3.05) is 75.9 Å². The fourth-order valence-corrected chi connectivity index (χ4v) is 4.39. The summed E-state index contributed by atoms with van der Waals surface area (Å²) in [7, 11) is 9.27. The van der Waals surface area contributed by atoms with Gasteiger partial charge in [0, 0.05) is 50.1 Å². The highest BCUT2D eigenvalue weighted by atomic mass is 16.5. The maximum atomic E-state index is 12.3. The standard InChI is InChI=1S/C33H47N7O4/c1-10-33(41)38-26-18-27(30(43-9)19-28(26)40(7)15-14-39(5)6)37-32-20-31(34-21-35-32)36-24-11-12-29(42-8)25(17-24)23(4)44-16-13-22(2)3/h10-12,17-23H,1,13-16H2,2-9H3,(H,38,41)(H2,34,35,36,37). The van der Waals surface area contributed by atoms with E-state index < -0.39 is 0 Å². The second-order valence-electron chi connectivity index (χ2n) is 11.2. The highest BCUT2D eigenvalue weighted by Crippen LogP contribution is 2.38. The van der Waals surface area contributed by atoms with E-state index in [2.05, 4.69) is 56.1 Å². The first kappa shape index (κ1) is 34.1. The molecule has 0 spiro atoms. The molecule has 11 nitrogen and oxygen atoms in total. The molecule has 1 heterocycles. The quantitative estimate of drug-likeness (QED) is 0.153. The minimum absolute atomic E-state index is 0.138. The lowest BCUT2D eigenvalue weighted by atomic mass is 10.1. The lowest BCUT2D eigenvalue weighted by Gasteiger charge is -2.26. The summed E-state index contributed by atoms with van der Waals surface area (Å²) in [6, 6.07) is 11.4. The van der Waals surface area contributed by atoms with Crippen molar-refractivity contribution in [1.29, 1.82) is 0 Å². The number of aromatic nitrogens is 2. The van der Waals surface area contributed by atoms with Crippen LogP contribution in [0.2, 0.25) is 0 Å². The summed E-state index contributed by atoms with van der Waals surface area (Å²) in [5.74, 6) is 2.74. The minimum atomic E-state index is -0.310. The molecule has 3 rings (SSSR count). The molecule has 0 saturated carbocycles. The lowest BCUT2D eigenvalue weighted by Crippen LogP contribution is -2.29. The highest BCUT2D eigenvalue weighted by Gasteiger charge is 2.17. The number of benzene rings is 2. The molecular formula is C33H47N7O4. The van der Waals surface area contributed by atoms with E-state index in [0.717, 1.165) is 42.2 Å². The maximum Gasteiger partial charge on any atom is 0.247 e. The zero-order valence-corrected chi connectivity index (χ0v) is 27.2. The van der Waals surface area contributed by atoms with Crippen molar-refractivity contribution in [3.05, 3.63) is 60.9 Å². The number of rotatable bonds is 17. The Balaban J connectivity index is 1.86. The molecule has 44 heavy (non-hydrogen) atoms. The Labute approximate surface area is 261 Å². The van der Waals surface area contributed by atoms with Crippen molar-refractivity contribution in [2.45, 2.75) is 33.3 Å². The van der Waals surface area contributed by atoms with Crippen LogP contribution in [0.1, 0.15) is 38.9 Å². The van der Waals surface area contributed by atoms with Gasteiger partial charge in [-0.25, -0.2) is 9.97 Å². The van der Waals surface area contributed by atoms with Gasteiger partial charge in [0.2, 0.25) is 5.91 Å². The van der Waals surface area contributed by atoms with Crippen LogP contribution in [-0.4, -0.2) is 75.8 Å². The number of hydrogen-bond donors (Lipinski definition) is 3. The second-order valence-corrected chi connectivity index (χ2v) is 11.2. The molecule has 3 aromatic rings. The number of ether oxygens (including phenoxy) is 3. The van der Waals surface area contributed by atoms with Crippen LogP contribution in [0.5, 0.6) is 11.5 Å². The number of carbonyl (C=O) groups is 1. The second kappa shape index (κ2) is 16.5. The average Bonchev–Trinajstić information content (AvgIpc) is 2.99. The Morgan fingerprint density at radius 1 is 0.932 bits per heavy atom. The number of carbonyl (C=O) groups excluding carboxylic acids is 1. The SMILES string of the molecule is C=CC(=O)Nc1cc(Nc2cc(Nc3ccc(OC)c(C(C)OCCC(C)C)c3)ncn2)c(OC)cc1N(C)CCN(C)C. The minimum Gasteiger partial charge on any atom is -0.496 e. The third kappa shape index (κ3) is 9.85. The molecule has 0 fully saturated rings. The van der Waals surface area contributed by atoms with E-state index in [0.29, 0.717) is 41.3 Å². The lowest BCUT2D eigenvalue weighted by molar-refractivity contribution is -0.111.